The van der Waals surface area contributed by atoms with Gasteiger partial charge in [0.05, 0.1) is 5.56 Å². The van der Waals surface area contributed by atoms with Gasteiger partial charge in [-0.05, 0) is 36.8 Å². The number of carbonyl (C=O) groups excluding carboxylic acids is 1. The standard InChI is InChI=1S/C14H12F3N3O/c1-8-7-19-5-4-12(8)20-13(21)9-2-3-11(18)10(6-9)14(15,16)17/h2-7H,18H2,1H3,(H,19,20,21). The highest BCUT2D eigenvalue weighted by atomic mass is 19.4. The Labute approximate surface area is 118 Å². The number of aryl methyl sites for hydroxylation is 1. The zero-order chi connectivity index (χ0) is 15.6. The van der Waals surface area contributed by atoms with E-state index in [2.05, 4.69) is 10.3 Å². The summed E-state index contributed by atoms with van der Waals surface area (Å²) in [7, 11) is 0. The van der Waals surface area contributed by atoms with E-state index in [0.29, 0.717) is 11.3 Å². The molecule has 0 aliphatic carbocycles. The predicted octanol–water partition coefficient (Wildman–Crippen LogP) is 3.24. The minimum absolute atomic E-state index is 0.118. The van der Waals surface area contributed by atoms with Crippen LogP contribution in [0.25, 0.3) is 0 Å². The molecule has 1 amide bonds. The Balaban J connectivity index is 2.31. The van der Waals surface area contributed by atoms with E-state index in [-0.39, 0.29) is 5.56 Å². The summed E-state index contributed by atoms with van der Waals surface area (Å²) in [6.45, 7) is 1.73. The number of nitrogens with zero attached hydrogens (tertiary/aromatic N) is 1. The van der Waals surface area contributed by atoms with Gasteiger partial charge in [0.15, 0.2) is 0 Å². The van der Waals surface area contributed by atoms with Gasteiger partial charge in [0.2, 0.25) is 0 Å². The zero-order valence-electron chi connectivity index (χ0n) is 11.0. The van der Waals surface area contributed by atoms with Gasteiger partial charge in [-0.25, -0.2) is 0 Å². The average molecular weight is 295 g/mol. The van der Waals surface area contributed by atoms with Gasteiger partial charge in [0.25, 0.3) is 5.91 Å². The highest BCUT2D eigenvalue weighted by molar-refractivity contribution is 6.05. The molecule has 0 atom stereocenters. The molecular formula is C14H12F3N3O. The molecule has 0 fully saturated rings. The topological polar surface area (TPSA) is 68.0 Å². The summed E-state index contributed by atoms with van der Waals surface area (Å²) in [4.78, 5) is 15.9. The van der Waals surface area contributed by atoms with Crippen molar-refractivity contribution in [2.45, 2.75) is 13.1 Å². The fourth-order valence-corrected chi connectivity index (χ4v) is 1.75. The van der Waals surface area contributed by atoms with Crippen LogP contribution in [-0.4, -0.2) is 10.9 Å². The number of nitrogens with one attached hydrogen (secondary N) is 1. The molecule has 1 heterocycles. The number of amides is 1. The Bertz CT molecular complexity index is 683. The van der Waals surface area contributed by atoms with Crippen LogP contribution >= 0.6 is 0 Å². The number of hydrogen-bond acceptors (Lipinski definition) is 3. The molecule has 0 saturated heterocycles. The van der Waals surface area contributed by atoms with Gasteiger partial charge in [-0.2, -0.15) is 13.2 Å². The van der Waals surface area contributed by atoms with Crippen molar-refractivity contribution in [3.05, 3.63) is 53.3 Å². The number of anilines is 2. The molecular weight excluding hydrogens is 283 g/mol. The summed E-state index contributed by atoms with van der Waals surface area (Å²) < 4.78 is 38.3. The van der Waals surface area contributed by atoms with Gasteiger partial charge in [0, 0.05) is 29.3 Å². The van der Waals surface area contributed by atoms with E-state index >= 15 is 0 Å². The second-order valence-corrected chi connectivity index (χ2v) is 4.44. The van der Waals surface area contributed by atoms with E-state index in [1.807, 2.05) is 0 Å². The molecule has 0 spiro atoms. The van der Waals surface area contributed by atoms with E-state index in [0.717, 1.165) is 12.1 Å². The third kappa shape index (κ3) is 3.31. The highest BCUT2D eigenvalue weighted by Gasteiger charge is 2.33. The summed E-state index contributed by atoms with van der Waals surface area (Å²) in [5.41, 5.74) is 4.92. The van der Waals surface area contributed by atoms with Crippen LogP contribution in [0.4, 0.5) is 24.5 Å². The normalized spacial score (nSPS) is 11.2. The smallest absolute Gasteiger partial charge is 0.398 e. The molecule has 0 radical (unpaired) electrons. The van der Waals surface area contributed by atoms with Crippen molar-refractivity contribution < 1.29 is 18.0 Å². The van der Waals surface area contributed by atoms with Gasteiger partial charge in [-0.1, -0.05) is 0 Å². The fraction of sp³-hybridized carbons (Fsp3) is 0.143. The van der Waals surface area contributed by atoms with Gasteiger partial charge in [-0.3, -0.25) is 9.78 Å². The number of carbonyl (C=O) groups is 1. The largest absolute Gasteiger partial charge is 0.418 e. The molecule has 7 heteroatoms. The van der Waals surface area contributed by atoms with Crippen LogP contribution in [0.15, 0.2) is 36.7 Å². The molecule has 110 valence electrons. The SMILES string of the molecule is Cc1cnccc1NC(=O)c1ccc(N)c(C(F)(F)F)c1. The number of halogens is 3. The van der Waals surface area contributed by atoms with Gasteiger partial charge < -0.3 is 11.1 Å². The average Bonchev–Trinajstić information content (AvgIpc) is 2.40. The summed E-state index contributed by atoms with van der Waals surface area (Å²) in [5.74, 6) is -0.644. The maximum atomic E-state index is 12.8. The third-order valence-corrected chi connectivity index (χ3v) is 2.89. The first-order valence-electron chi connectivity index (χ1n) is 5.97. The Morgan fingerprint density at radius 1 is 1.29 bits per heavy atom. The molecule has 0 saturated carbocycles. The number of pyridine rings is 1. The van der Waals surface area contributed by atoms with Crippen molar-refractivity contribution in [2.75, 3.05) is 11.1 Å². The van der Waals surface area contributed by atoms with Crippen LogP contribution in [0, 0.1) is 6.92 Å². The van der Waals surface area contributed by atoms with E-state index < -0.39 is 23.3 Å². The van der Waals surface area contributed by atoms with Crippen molar-refractivity contribution >= 4 is 17.3 Å². The molecule has 0 aliphatic rings. The molecule has 1 aromatic carbocycles. The number of rotatable bonds is 2. The van der Waals surface area contributed by atoms with Gasteiger partial charge >= 0.3 is 6.18 Å². The van der Waals surface area contributed by atoms with Crippen LogP contribution < -0.4 is 11.1 Å². The third-order valence-electron chi connectivity index (χ3n) is 2.89. The minimum Gasteiger partial charge on any atom is -0.398 e. The Hall–Kier alpha value is -2.57. The lowest BCUT2D eigenvalue weighted by molar-refractivity contribution is -0.136. The summed E-state index contributed by atoms with van der Waals surface area (Å²) in [6, 6.07) is 4.62. The maximum Gasteiger partial charge on any atom is 0.418 e. The van der Waals surface area contributed by atoms with Crippen LogP contribution in [-0.2, 0) is 6.18 Å². The number of hydrogen-bond donors (Lipinski definition) is 2. The predicted molar refractivity (Wildman–Crippen MR) is 72.8 cm³/mol. The Kier molecular flexibility index (Phi) is 3.84. The first-order chi connectivity index (χ1) is 9.79. The second kappa shape index (κ2) is 5.43. The molecule has 1 aromatic heterocycles. The molecule has 3 N–H and O–H groups in total. The lowest BCUT2D eigenvalue weighted by Crippen LogP contribution is -2.16. The first-order valence-corrected chi connectivity index (χ1v) is 5.97. The van der Waals surface area contributed by atoms with Crippen LogP contribution in [0.2, 0.25) is 0 Å². The van der Waals surface area contributed by atoms with Gasteiger partial charge in [0.1, 0.15) is 0 Å². The number of nitrogen functional groups attached to an aromatic ring is 1. The molecule has 0 aliphatic heterocycles. The number of nitrogens with two attached hydrogens (primary N) is 1. The van der Waals surface area contributed by atoms with Crippen LogP contribution in [0.5, 0.6) is 0 Å². The van der Waals surface area contributed by atoms with E-state index in [4.69, 9.17) is 5.73 Å². The molecule has 2 rings (SSSR count). The van der Waals surface area contributed by atoms with E-state index in [1.54, 1.807) is 19.2 Å². The molecule has 0 bridgehead atoms. The van der Waals surface area contributed by atoms with Crippen molar-refractivity contribution in [2.24, 2.45) is 0 Å². The quantitative estimate of drug-likeness (QED) is 0.836. The highest BCUT2D eigenvalue weighted by Crippen LogP contribution is 2.34. The second-order valence-electron chi connectivity index (χ2n) is 4.44. The number of benzene rings is 1. The molecule has 0 unspecified atom stereocenters. The summed E-state index contributed by atoms with van der Waals surface area (Å²) >= 11 is 0. The monoisotopic (exact) mass is 295 g/mol. The minimum atomic E-state index is -4.60. The zero-order valence-corrected chi connectivity index (χ0v) is 11.0. The summed E-state index contributed by atoms with van der Waals surface area (Å²) in [5, 5.41) is 2.54. The maximum absolute atomic E-state index is 12.8. The molecule has 4 nitrogen and oxygen atoms in total. The fourth-order valence-electron chi connectivity index (χ4n) is 1.75. The first kappa shape index (κ1) is 14.8. The lowest BCUT2D eigenvalue weighted by atomic mass is 10.1. The van der Waals surface area contributed by atoms with Crippen molar-refractivity contribution in [1.29, 1.82) is 0 Å². The van der Waals surface area contributed by atoms with Crippen molar-refractivity contribution in [3.8, 4) is 0 Å². The van der Waals surface area contributed by atoms with Crippen LogP contribution in [0.1, 0.15) is 21.5 Å². The van der Waals surface area contributed by atoms with Gasteiger partial charge in [-0.15, -0.1) is 0 Å². The number of aromatic nitrogens is 1. The Morgan fingerprint density at radius 3 is 2.62 bits per heavy atom. The van der Waals surface area contributed by atoms with E-state index in [1.165, 1.54) is 12.3 Å². The lowest BCUT2D eigenvalue weighted by Gasteiger charge is -2.12. The van der Waals surface area contributed by atoms with Crippen molar-refractivity contribution in [1.82, 2.24) is 4.98 Å². The Morgan fingerprint density at radius 2 is 2.00 bits per heavy atom. The number of alkyl halides is 3. The van der Waals surface area contributed by atoms with Crippen LogP contribution in [0.3, 0.4) is 0 Å². The molecule has 21 heavy (non-hydrogen) atoms. The molecule has 2 aromatic rings. The summed E-state index contributed by atoms with van der Waals surface area (Å²) in [6.07, 6.45) is -1.58. The van der Waals surface area contributed by atoms with E-state index in [9.17, 15) is 18.0 Å². The van der Waals surface area contributed by atoms with Crippen molar-refractivity contribution in [3.63, 3.8) is 0 Å².